The molecule has 0 aliphatic heterocycles. The van der Waals surface area contributed by atoms with Gasteiger partial charge in [-0.1, -0.05) is 6.92 Å². The van der Waals surface area contributed by atoms with Gasteiger partial charge in [-0.05, 0) is 13.3 Å². The van der Waals surface area contributed by atoms with E-state index in [0.29, 0.717) is 24.6 Å². The van der Waals surface area contributed by atoms with Crippen LogP contribution in [0.25, 0.3) is 0 Å². The van der Waals surface area contributed by atoms with Gasteiger partial charge in [-0.25, -0.2) is 4.98 Å². The van der Waals surface area contributed by atoms with Crippen molar-refractivity contribution in [1.29, 1.82) is 0 Å². The fourth-order valence-corrected chi connectivity index (χ4v) is 1.43. The summed E-state index contributed by atoms with van der Waals surface area (Å²) in [4.78, 5) is 8.33. The largest absolute Gasteiger partial charge is 0.477 e. The van der Waals surface area contributed by atoms with Crippen molar-refractivity contribution in [1.82, 2.24) is 9.97 Å². The van der Waals surface area contributed by atoms with Crippen LogP contribution >= 0.6 is 0 Å². The average Bonchev–Trinajstić information content (AvgIpc) is 2.28. The van der Waals surface area contributed by atoms with Crippen molar-refractivity contribution in [3.63, 3.8) is 0 Å². The summed E-state index contributed by atoms with van der Waals surface area (Å²) in [6.07, 6.45) is -3.69. The molecule has 0 radical (unpaired) electrons. The van der Waals surface area contributed by atoms with Crippen molar-refractivity contribution in [2.45, 2.75) is 39.3 Å². The van der Waals surface area contributed by atoms with Gasteiger partial charge in [0.05, 0.1) is 13.0 Å². The van der Waals surface area contributed by atoms with Crippen LogP contribution in [0.1, 0.15) is 32.5 Å². The van der Waals surface area contributed by atoms with Gasteiger partial charge in [0, 0.05) is 19.0 Å². The normalized spacial score (nSPS) is 11.4. The second kappa shape index (κ2) is 7.16. The zero-order valence-corrected chi connectivity index (χ0v) is 11.0. The first-order chi connectivity index (χ1) is 8.94. The lowest BCUT2D eigenvalue weighted by molar-refractivity contribution is -0.139. The standard InChI is InChI=1S/C12H18F3N3O/c1-3-5-9-17-10(16-4-2)8-11(18-9)19-7-6-12(13,14)15/h8H,3-7H2,1-2H3,(H,16,17,18). The highest BCUT2D eigenvalue weighted by atomic mass is 19.4. The van der Waals surface area contributed by atoms with Crippen molar-refractivity contribution >= 4 is 5.82 Å². The summed E-state index contributed by atoms with van der Waals surface area (Å²) in [6, 6.07) is 1.51. The van der Waals surface area contributed by atoms with Crippen LogP contribution in [0.4, 0.5) is 19.0 Å². The average molecular weight is 277 g/mol. The van der Waals surface area contributed by atoms with Crippen molar-refractivity contribution in [2.24, 2.45) is 0 Å². The molecule has 1 aromatic heterocycles. The van der Waals surface area contributed by atoms with E-state index < -0.39 is 19.2 Å². The number of nitrogens with one attached hydrogen (secondary N) is 1. The highest BCUT2D eigenvalue weighted by Gasteiger charge is 2.27. The molecule has 7 heteroatoms. The summed E-state index contributed by atoms with van der Waals surface area (Å²) < 4.78 is 41.1. The minimum atomic E-state index is -4.22. The molecule has 0 fully saturated rings. The van der Waals surface area contributed by atoms with Crippen LogP contribution < -0.4 is 10.1 Å². The first kappa shape index (κ1) is 15.5. The van der Waals surface area contributed by atoms with E-state index in [1.165, 1.54) is 6.07 Å². The number of hydrogen-bond acceptors (Lipinski definition) is 4. The molecule has 0 bridgehead atoms. The Morgan fingerprint density at radius 3 is 2.58 bits per heavy atom. The van der Waals surface area contributed by atoms with E-state index in [-0.39, 0.29) is 5.88 Å². The second-order valence-corrected chi connectivity index (χ2v) is 4.00. The summed E-state index contributed by atoms with van der Waals surface area (Å²) in [5.41, 5.74) is 0. The van der Waals surface area contributed by atoms with Crippen LogP contribution in [0, 0.1) is 0 Å². The molecular weight excluding hydrogens is 259 g/mol. The third-order valence-corrected chi connectivity index (χ3v) is 2.22. The molecule has 108 valence electrons. The molecule has 0 saturated heterocycles. The summed E-state index contributed by atoms with van der Waals surface area (Å²) in [5, 5.41) is 3.00. The molecule has 0 aliphatic rings. The second-order valence-electron chi connectivity index (χ2n) is 4.00. The molecule has 1 heterocycles. The Morgan fingerprint density at radius 1 is 1.26 bits per heavy atom. The van der Waals surface area contributed by atoms with Crippen LogP contribution in [0.15, 0.2) is 6.07 Å². The molecule has 19 heavy (non-hydrogen) atoms. The number of anilines is 1. The molecule has 4 nitrogen and oxygen atoms in total. The SMILES string of the molecule is CCCc1nc(NCC)cc(OCCC(F)(F)F)n1. The third-order valence-electron chi connectivity index (χ3n) is 2.22. The van der Waals surface area contributed by atoms with Gasteiger partial charge in [0.1, 0.15) is 11.6 Å². The van der Waals surface area contributed by atoms with E-state index in [2.05, 4.69) is 15.3 Å². The van der Waals surface area contributed by atoms with Crippen LogP contribution in [-0.2, 0) is 6.42 Å². The molecule has 1 aromatic rings. The molecule has 1 rings (SSSR count). The number of aryl methyl sites for hydroxylation is 1. The van der Waals surface area contributed by atoms with Gasteiger partial charge in [0.25, 0.3) is 0 Å². The molecule has 0 saturated carbocycles. The summed E-state index contributed by atoms with van der Waals surface area (Å²) >= 11 is 0. The quantitative estimate of drug-likeness (QED) is 0.831. The Labute approximate surface area is 110 Å². The lowest BCUT2D eigenvalue weighted by atomic mass is 10.3. The monoisotopic (exact) mass is 277 g/mol. The fraction of sp³-hybridized carbons (Fsp3) is 0.667. The maximum atomic E-state index is 12.0. The minimum Gasteiger partial charge on any atom is -0.477 e. The maximum Gasteiger partial charge on any atom is 0.392 e. The Morgan fingerprint density at radius 2 is 2.00 bits per heavy atom. The summed E-state index contributed by atoms with van der Waals surface area (Å²) in [7, 11) is 0. The van der Waals surface area contributed by atoms with Crippen molar-refractivity contribution < 1.29 is 17.9 Å². The molecule has 0 atom stereocenters. The van der Waals surface area contributed by atoms with E-state index in [1.807, 2.05) is 13.8 Å². The molecule has 0 aromatic carbocycles. The third kappa shape index (κ3) is 6.26. The van der Waals surface area contributed by atoms with E-state index >= 15 is 0 Å². The summed E-state index contributed by atoms with van der Waals surface area (Å²) in [5.74, 6) is 1.32. The van der Waals surface area contributed by atoms with E-state index in [0.717, 1.165) is 6.42 Å². The van der Waals surface area contributed by atoms with Crippen LogP contribution in [0.2, 0.25) is 0 Å². The van der Waals surface area contributed by atoms with Gasteiger partial charge < -0.3 is 10.1 Å². The highest BCUT2D eigenvalue weighted by molar-refractivity contribution is 5.38. The van der Waals surface area contributed by atoms with E-state index in [4.69, 9.17) is 4.74 Å². The number of rotatable bonds is 7. The van der Waals surface area contributed by atoms with Crippen LogP contribution in [0.3, 0.4) is 0 Å². The topological polar surface area (TPSA) is 47.0 Å². The zero-order chi connectivity index (χ0) is 14.3. The smallest absolute Gasteiger partial charge is 0.392 e. The number of halogens is 3. The minimum absolute atomic E-state index is 0.179. The van der Waals surface area contributed by atoms with Gasteiger partial charge in [-0.15, -0.1) is 0 Å². The van der Waals surface area contributed by atoms with E-state index in [9.17, 15) is 13.2 Å². The Hall–Kier alpha value is -1.53. The predicted molar refractivity (Wildman–Crippen MR) is 66.4 cm³/mol. The molecule has 0 unspecified atom stereocenters. The Kier molecular flexibility index (Phi) is 5.85. The van der Waals surface area contributed by atoms with Crippen LogP contribution in [0.5, 0.6) is 5.88 Å². The molecule has 0 spiro atoms. The van der Waals surface area contributed by atoms with Gasteiger partial charge in [-0.3, -0.25) is 0 Å². The molecule has 0 aliphatic carbocycles. The first-order valence-electron chi connectivity index (χ1n) is 6.26. The number of hydrogen-bond donors (Lipinski definition) is 1. The number of aromatic nitrogens is 2. The molecule has 1 N–H and O–H groups in total. The van der Waals surface area contributed by atoms with Gasteiger partial charge in [-0.2, -0.15) is 18.2 Å². The van der Waals surface area contributed by atoms with Crippen molar-refractivity contribution in [2.75, 3.05) is 18.5 Å². The number of ether oxygens (including phenoxy) is 1. The van der Waals surface area contributed by atoms with Crippen LogP contribution in [-0.4, -0.2) is 29.3 Å². The predicted octanol–water partition coefficient (Wildman–Crippen LogP) is 3.19. The molecule has 0 amide bonds. The Balaban J connectivity index is 2.69. The van der Waals surface area contributed by atoms with Gasteiger partial charge in [0.2, 0.25) is 5.88 Å². The lowest BCUT2D eigenvalue weighted by Crippen LogP contribution is -2.14. The fourth-order valence-electron chi connectivity index (χ4n) is 1.43. The summed E-state index contributed by atoms with van der Waals surface area (Å²) in [6.45, 7) is 4.13. The Bertz CT molecular complexity index is 372. The molecular formula is C12H18F3N3O. The number of nitrogens with zero attached hydrogens (tertiary/aromatic N) is 2. The van der Waals surface area contributed by atoms with Crippen molar-refractivity contribution in [3.8, 4) is 5.88 Å². The highest BCUT2D eigenvalue weighted by Crippen LogP contribution is 2.20. The van der Waals surface area contributed by atoms with Gasteiger partial charge in [0.15, 0.2) is 0 Å². The van der Waals surface area contributed by atoms with E-state index in [1.54, 1.807) is 0 Å². The lowest BCUT2D eigenvalue weighted by Gasteiger charge is -2.11. The first-order valence-corrected chi connectivity index (χ1v) is 6.26. The number of alkyl halides is 3. The maximum absolute atomic E-state index is 12.0. The van der Waals surface area contributed by atoms with Gasteiger partial charge >= 0.3 is 6.18 Å². The van der Waals surface area contributed by atoms with Crippen molar-refractivity contribution in [3.05, 3.63) is 11.9 Å². The zero-order valence-electron chi connectivity index (χ0n) is 11.0.